The molecule has 0 radical (unpaired) electrons. The molecule has 33 nitrogen and oxygen atoms in total. The third-order valence-corrected chi connectivity index (χ3v) is 27.0. The van der Waals surface area contributed by atoms with Crippen LogP contribution in [0.5, 0.6) is 0 Å². The molecule has 5 aliphatic heterocycles. The van der Waals surface area contributed by atoms with Crippen LogP contribution in [0.2, 0.25) is 0 Å². The van der Waals surface area contributed by atoms with Crippen molar-refractivity contribution in [2.45, 2.75) is 98.3 Å². The second-order valence-corrected chi connectivity index (χ2v) is 37.3. The highest BCUT2D eigenvalue weighted by molar-refractivity contribution is 6.03. The minimum absolute atomic E-state index is 0.0256. The number of primary amides is 1. The number of carbonyl (C=O) groups is 10. The Labute approximate surface area is 823 Å². The summed E-state index contributed by atoms with van der Waals surface area (Å²) < 4.78 is 14.5. The van der Waals surface area contributed by atoms with Crippen LogP contribution in [0.15, 0.2) is 232 Å². The van der Waals surface area contributed by atoms with E-state index in [1.165, 1.54) is 18.8 Å². The second kappa shape index (κ2) is 45.3. The second-order valence-electron chi connectivity index (χ2n) is 37.3. The molecule has 5 aliphatic rings. The van der Waals surface area contributed by atoms with Crippen molar-refractivity contribution in [2.75, 3.05) is 114 Å². The van der Waals surface area contributed by atoms with Crippen molar-refractivity contribution < 1.29 is 52.7 Å². The molecule has 0 spiro atoms. The first kappa shape index (κ1) is 99.1. The fraction of sp³-hybridized carbons (Fsp3) is 0.330. The molecule has 12 aromatic heterocycles. The van der Waals surface area contributed by atoms with Gasteiger partial charge in [0, 0.05) is 242 Å². The summed E-state index contributed by atoms with van der Waals surface area (Å²) in [6.07, 6.45) is 35.8. The zero-order valence-electron chi connectivity index (χ0n) is 81.6. The first-order valence-electron chi connectivity index (χ1n) is 48.5. The zero-order valence-corrected chi connectivity index (χ0v) is 81.6. The summed E-state index contributed by atoms with van der Waals surface area (Å²) >= 11 is 0. The average molecular weight is 1910 g/mol. The number of piperidine rings is 5. The van der Waals surface area contributed by atoms with Crippen LogP contribution in [-0.4, -0.2) is 260 Å². The normalized spacial score (nSPS) is 14.8. The van der Waals surface area contributed by atoms with Crippen molar-refractivity contribution in [3.8, 4) is 28.4 Å². The maximum Gasteiger partial charge on any atom is 0.255 e. The van der Waals surface area contributed by atoms with E-state index in [-0.39, 0.29) is 53.2 Å². The third-order valence-electron chi connectivity index (χ3n) is 27.0. The molecule has 0 atom stereocenters. The molecule has 20 rings (SSSR count). The van der Waals surface area contributed by atoms with E-state index < -0.39 is 5.91 Å². The number of nitrogens with two attached hydrogens (primary N) is 1. The number of hydrogen-bond donors (Lipinski definition) is 4. The smallest absolute Gasteiger partial charge is 0.255 e. The quantitative estimate of drug-likeness (QED) is 0.0580. The number of fused-ring (bicyclic) bond motifs is 5. The van der Waals surface area contributed by atoms with Gasteiger partial charge in [0.05, 0.1) is 69.3 Å². The summed E-state index contributed by atoms with van der Waals surface area (Å²) in [6, 6.07) is 44.8. The first-order chi connectivity index (χ1) is 68.8. The van der Waals surface area contributed by atoms with Gasteiger partial charge in [0.25, 0.3) is 53.2 Å². The van der Waals surface area contributed by atoms with Crippen LogP contribution in [-0.2, 0) is 4.74 Å². The van der Waals surface area contributed by atoms with E-state index in [0.29, 0.717) is 104 Å². The van der Waals surface area contributed by atoms with Crippen LogP contribution in [0.3, 0.4) is 0 Å². The van der Waals surface area contributed by atoms with Crippen molar-refractivity contribution in [3.63, 3.8) is 0 Å². The first-order valence-corrected chi connectivity index (χ1v) is 48.5. The molecule has 5 N–H and O–H groups in total. The summed E-state index contributed by atoms with van der Waals surface area (Å²) in [4.78, 5) is 165. The van der Waals surface area contributed by atoms with Gasteiger partial charge in [-0.25, -0.2) is 24.9 Å². The molecule has 732 valence electrons. The number of nitrogens with one attached hydrogen (secondary N) is 3. The lowest BCUT2D eigenvalue weighted by Gasteiger charge is -2.30. The molecule has 0 aliphatic carbocycles. The summed E-state index contributed by atoms with van der Waals surface area (Å²) in [5.74, 6) is 1.99. The standard InChI is InChI=1S/C24H28N4O3.C23H26N4O2.C22H24N4O2.2C20H21N5O2/c1-17-7-11-27(12-8-17)24(30)20-15-19-9-13-28(22(19)26-16-20)21-5-3-18(4-6-21)23(29)25-10-14-31-2;1-16-8-11-26(12-9-16)23(29)19-14-18-10-13-27(21(18)24-15-19)20-6-4-17(5-7-20)22(28)25(2)3;1-15-7-10-25(11-8-15)22(28)18-13-17-9-12-26(20(17)24-14-18)19-5-3-16(4-6-19)21(27)23-2;1-13-2-5-24(6-3-13)20(27)16-8-14-4-7-25(19(14)23-11-16)17-9-15(18(21)26)10-22-12-17;1-21-19(26)15-10-17(13-22-11-15)25-8-5-14-9-16(12-23-18(14)25)20(27)24-6-3-2-4-7-24/h3-6,9,13,15-17H,7-8,10-12,14H2,1-2H3,(H,25,29);4-7,10,13-16H,8-9,11-12H2,1-3H3;3-6,9,12-15H,7-8,10-11H2,1-2H3,(H,23,27);4,7-13H,2-3,5-6H2,1H3,(H2,21,26);5,8-13H,2-4,6-7H2,1H3,(H,21,26). The Hall–Kier alpha value is -15.9. The van der Waals surface area contributed by atoms with Crippen molar-refractivity contribution in [1.29, 1.82) is 0 Å². The van der Waals surface area contributed by atoms with Crippen LogP contribution in [0, 0.1) is 23.7 Å². The Morgan fingerprint density at radius 2 is 0.599 bits per heavy atom. The number of pyridine rings is 7. The van der Waals surface area contributed by atoms with Gasteiger partial charge in [0.2, 0.25) is 5.91 Å². The molecule has 0 saturated carbocycles. The van der Waals surface area contributed by atoms with Gasteiger partial charge < -0.3 is 69.5 Å². The number of likely N-dealkylation sites (tertiary alicyclic amines) is 5. The number of methoxy groups -OCH3 is 1. The van der Waals surface area contributed by atoms with E-state index >= 15 is 0 Å². The Balaban J connectivity index is 0.000000128. The van der Waals surface area contributed by atoms with Crippen LogP contribution in [0.25, 0.3) is 83.6 Å². The fourth-order valence-corrected chi connectivity index (χ4v) is 18.2. The number of amides is 10. The number of benzene rings is 3. The van der Waals surface area contributed by atoms with Crippen molar-refractivity contribution in [1.82, 2.24) is 103 Å². The molecular weight excluding hydrogens is 1790 g/mol. The Morgan fingerprint density at radius 1 is 0.324 bits per heavy atom. The number of nitrogens with zero attached hydrogens (tertiary/aromatic N) is 18. The number of carbonyl (C=O) groups excluding carboxylic acids is 10. The van der Waals surface area contributed by atoms with E-state index in [0.717, 1.165) is 202 Å². The van der Waals surface area contributed by atoms with Gasteiger partial charge in [-0.15, -0.1) is 0 Å². The Kier molecular flexibility index (Phi) is 31.6. The maximum absolute atomic E-state index is 12.9. The van der Waals surface area contributed by atoms with Gasteiger partial charge in [0.1, 0.15) is 28.2 Å². The molecular formula is C109H120N22O11. The Morgan fingerprint density at radius 3 is 0.894 bits per heavy atom. The summed E-state index contributed by atoms with van der Waals surface area (Å²) in [5.41, 5.74) is 19.1. The number of aromatic nitrogens is 12. The summed E-state index contributed by atoms with van der Waals surface area (Å²) in [6.45, 7) is 18.0. The van der Waals surface area contributed by atoms with Crippen LogP contribution >= 0.6 is 0 Å². The van der Waals surface area contributed by atoms with E-state index in [4.69, 9.17) is 10.5 Å². The Bertz CT molecular complexity index is 7100. The minimum Gasteiger partial charge on any atom is -0.383 e. The van der Waals surface area contributed by atoms with E-state index in [2.05, 4.69) is 78.5 Å². The minimum atomic E-state index is -0.530. The zero-order chi connectivity index (χ0) is 99.8. The lowest BCUT2D eigenvalue weighted by Crippen LogP contribution is -2.37. The SMILES string of the molecule is CC1CCN(C(=O)c2cnc3c(ccn3-c3ccc(C(=O)N(C)C)cc3)c2)CC1.CC1CCN(C(=O)c2cnc3c(ccn3-c3cncc(C(N)=O)c3)c2)CC1.CNC(=O)c1ccc(-n2ccc3cc(C(=O)N4CCC(C)CC4)cnc32)cc1.CNC(=O)c1cncc(-n2ccc3cc(C(=O)N4CCCCC4)cnc32)c1.COCCNC(=O)c1ccc(-n2ccc3cc(C(=O)N4CCC(C)CC4)cnc32)cc1. The summed E-state index contributed by atoms with van der Waals surface area (Å²) in [5, 5.41) is 12.5. The van der Waals surface area contributed by atoms with Crippen LogP contribution in [0.1, 0.15) is 202 Å². The lowest BCUT2D eigenvalue weighted by molar-refractivity contribution is 0.0689. The molecule has 5 saturated heterocycles. The van der Waals surface area contributed by atoms with E-state index in [9.17, 15) is 47.9 Å². The van der Waals surface area contributed by atoms with Crippen LogP contribution in [0.4, 0.5) is 0 Å². The van der Waals surface area contributed by atoms with Gasteiger partial charge in [0.15, 0.2) is 0 Å². The number of rotatable bonds is 18. The van der Waals surface area contributed by atoms with Crippen LogP contribution < -0.4 is 21.7 Å². The van der Waals surface area contributed by atoms with Crippen molar-refractivity contribution in [3.05, 3.63) is 288 Å². The molecule has 0 unspecified atom stereocenters. The average Bonchev–Trinajstić information content (AvgIpc) is 1.65. The molecule has 10 amide bonds. The van der Waals surface area contributed by atoms with E-state index in [1.807, 2.05) is 188 Å². The van der Waals surface area contributed by atoms with Gasteiger partial charge >= 0.3 is 0 Å². The third kappa shape index (κ3) is 23.1. The molecule has 3 aromatic carbocycles. The molecule has 15 aromatic rings. The molecule has 5 fully saturated rings. The van der Waals surface area contributed by atoms with Gasteiger partial charge in [-0.3, -0.25) is 67.0 Å². The highest BCUT2D eigenvalue weighted by Crippen LogP contribution is 2.31. The van der Waals surface area contributed by atoms with Gasteiger partial charge in [-0.1, -0.05) is 27.7 Å². The number of ether oxygens (including phenoxy) is 1. The fourth-order valence-electron chi connectivity index (χ4n) is 18.2. The van der Waals surface area contributed by atoms with Gasteiger partial charge in [-0.05, 0) is 240 Å². The van der Waals surface area contributed by atoms with Crippen molar-refractivity contribution in [2.24, 2.45) is 29.4 Å². The largest absolute Gasteiger partial charge is 0.383 e. The predicted octanol–water partition coefficient (Wildman–Crippen LogP) is 14.9. The van der Waals surface area contributed by atoms with Crippen molar-refractivity contribution >= 4 is 114 Å². The predicted molar refractivity (Wildman–Crippen MR) is 545 cm³/mol. The highest BCUT2D eigenvalue weighted by Gasteiger charge is 2.29. The molecule has 142 heavy (non-hydrogen) atoms. The lowest BCUT2D eigenvalue weighted by atomic mass is 9.99. The number of hydrogen-bond acceptors (Lipinski definition) is 18. The van der Waals surface area contributed by atoms with Gasteiger partial charge in [-0.2, -0.15) is 0 Å². The topological polar surface area (TPSA) is 376 Å². The maximum atomic E-state index is 12.9. The molecule has 17 heterocycles. The monoisotopic (exact) mass is 1910 g/mol. The molecule has 0 bridgehead atoms. The molecule has 33 heteroatoms. The summed E-state index contributed by atoms with van der Waals surface area (Å²) in [7, 11) is 8.28. The van der Waals surface area contributed by atoms with E-state index in [1.54, 1.807) is 120 Å². The highest BCUT2D eigenvalue weighted by atomic mass is 16.5.